The Morgan fingerprint density at radius 2 is 2.14 bits per heavy atom. The Kier molecular flexibility index (Phi) is 3.80. The number of benzene rings is 2. The Labute approximate surface area is 123 Å². The molecule has 0 spiro atoms. The van der Waals surface area contributed by atoms with Gasteiger partial charge in [0.1, 0.15) is 11.6 Å². The summed E-state index contributed by atoms with van der Waals surface area (Å²) in [5.41, 5.74) is 3.86. The molecular weight excluding hydrogens is 269 g/mol. The Bertz CT molecular complexity index is 657. The van der Waals surface area contributed by atoms with Crippen molar-refractivity contribution >= 4 is 5.69 Å². The molecule has 0 saturated heterocycles. The van der Waals surface area contributed by atoms with E-state index in [4.69, 9.17) is 4.74 Å². The van der Waals surface area contributed by atoms with Gasteiger partial charge in [-0.25, -0.2) is 4.39 Å². The molecule has 1 aliphatic carbocycles. The molecule has 21 heavy (non-hydrogen) atoms. The molecule has 0 radical (unpaired) electrons. The summed E-state index contributed by atoms with van der Waals surface area (Å²) in [5.74, 6) is 0.467. The van der Waals surface area contributed by atoms with Gasteiger partial charge >= 0.3 is 0 Å². The quantitative estimate of drug-likeness (QED) is 0.905. The van der Waals surface area contributed by atoms with E-state index in [9.17, 15) is 9.50 Å². The van der Waals surface area contributed by atoms with Gasteiger partial charge in [0.15, 0.2) is 0 Å². The van der Waals surface area contributed by atoms with Gasteiger partial charge in [-0.15, -0.1) is 0 Å². The van der Waals surface area contributed by atoms with Gasteiger partial charge in [-0.3, -0.25) is 0 Å². The molecule has 4 heteroatoms. The number of hydrogen-bond acceptors (Lipinski definition) is 3. The van der Waals surface area contributed by atoms with Gasteiger partial charge in [-0.05, 0) is 54.3 Å². The minimum Gasteiger partial charge on any atom is -0.496 e. The zero-order chi connectivity index (χ0) is 14.8. The number of ether oxygens (including phenoxy) is 1. The van der Waals surface area contributed by atoms with Crippen LogP contribution in [0.2, 0.25) is 0 Å². The largest absolute Gasteiger partial charge is 0.496 e. The van der Waals surface area contributed by atoms with Gasteiger partial charge in [-0.1, -0.05) is 6.07 Å². The Morgan fingerprint density at radius 3 is 2.90 bits per heavy atom. The van der Waals surface area contributed by atoms with Crippen LogP contribution in [0.4, 0.5) is 10.1 Å². The van der Waals surface area contributed by atoms with Crippen LogP contribution in [0.25, 0.3) is 0 Å². The molecule has 0 aromatic heterocycles. The average Bonchev–Trinajstić information content (AvgIpc) is 2.89. The van der Waals surface area contributed by atoms with Gasteiger partial charge in [0.05, 0.1) is 19.8 Å². The van der Waals surface area contributed by atoms with E-state index < -0.39 is 0 Å². The summed E-state index contributed by atoms with van der Waals surface area (Å²) >= 11 is 0. The van der Waals surface area contributed by atoms with Crippen molar-refractivity contribution in [2.45, 2.75) is 25.5 Å². The number of methoxy groups -OCH3 is 1. The Balaban J connectivity index is 1.84. The van der Waals surface area contributed by atoms with E-state index in [0.29, 0.717) is 5.75 Å². The van der Waals surface area contributed by atoms with Crippen molar-refractivity contribution in [2.24, 2.45) is 0 Å². The third-order valence-electron chi connectivity index (χ3n) is 3.98. The van der Waals surface area contributed by atoms with Crippen LogP contribution in [0.1, 0.15) is 29.2 Å². The third kappa shape index (κ3) is 2.72. The molecule has 0 heterocycles. The van der Waals surface area contributed by atoms with Crippen molar-refractivity contribution in [3.05, 3.63) is 58.9 Å². The maximum atomic E-state index is 13.4. The van der Waals surface area contributed by atoms with Crippen molar-refractivity contribution in [1.82, 2.24) is 0 Å². The monoisotopic (exact) mass is 287 g/mol. The second kappa shape index (κ2) is 5.74. The van der Waals surface area contributed by atoms with Gasteiger partial charge in [0.25, 0.3) is 0 Å². The lowest BCUT2D eigenvalue weighted by Gasteiger charge is -2.17. The van der Waals surface area contributed by atoms with E-state index in [2.05, 4.69) is 5.32 Å². The van der Waals surface area contributed by atoms with Crippen LogP contribution in [-0.4, -0.2) is 12.2 Å². The second-order valence-electron chi connectivity index (χ2n) is 5.26. The maximum Gasteiger partial charge on any atom is 0.124 e. The average molecular weight is 287 g/mol. The van der Waals surface area contributed by atoms with E-state index in [1.54, 1.807) is 13.2 Å². The van der Waals surface area contributed by atoms with Crippen molar-refractivity contribution in [3.8, 4) is 5.75 Å². The SMILES string of the molecule is COc1ccc(NC2CCc3ccc(F)cc32)cc1CO. The van der Waals surface area contributed by atoms with Crippen LogP contribution >= 0.6 is 0 Å². The van der Waals surface area contributed by atoms with Crippen LogP contribution in [0, 0.1) is 5.82 Å². The summed E-state index contributed by atoms with van der Waals surface area (Å²) < 4.78 is 18.6. The summed E-state index contributed by atoms with van der Waals surface area (Å²) in [5, 5.41) is 12.8. The highest BCUT2D eigenvalue weighted by atomic mass is 19.1. The third-order valence-corrected chi connectivity index (χ3v) is 3.98. The summed E-state index contributed by atoms with van der Waals surface area (Å²) in [7, 11) is 1.58. The number of aliphatic hydroxyl groups excluding tert-OH is 1. The zero-order valence-electron chi connectivity index (χ0n) is 11.9. The lowest BCUT2D eigenvalue weighted by Crippen LogP contribution is -2.08. The molecule has 0 bridgehead atoms. The van der Waals surface area contributed by atoms with Crippen molar-refractivity contribution in [2.75, 3.05) is 12.4 Å². The minimum absolute atomic E-state index is 0.0748. The molecule has 2 aromatic rings. The van der Waals surface area contributed by atoms with Crippen LogP contribution in [0.5, 0.6) is 5.75 Å². The highest BCUT2D eigenvalue weighted by molar-refractivity contribution is 5.53. The number of hydrogen-bond donors (Lipinski definition) is 2. The lowest BCUT2D eigenvalue weighted by atomic mass is 10.1. The molecule has 0 saturated carbocycles. The van der Waals surface area contributed by atoms with E-state index in [1.807, 2.05) is 24.3 Å². The highest BCUT2D eigenvalue weighted by Gasteiger charge is 2.22. The molecule has 3 nitrogen and oxygen atoms in total. The summed E-state index contributed by atoms with van der Waals surface area (Å²) in [4.78, 5) is 0. The molecule has 2 N–H and O–H groups in total. The highest BCUT2D eigenvalue weighted by Crippen LogP contribution is 2.35. The number of anilines is 1. The predicted molar refractivity (Wildman–Crippen MR) is 80.0 cm³/mol. The number of nitrogens with one attached hydrogen (secondary N) is 1. The van der Waals surface area contributed by atoms with Crippen molar-refractivity contribution in [3.63, 3.8) is 0 Å². The second-order valence-corrected chi connectivity index (χ2v) is 5.26. The summed E-state index contributed by atoms with van der Waals surface area (Å²) in [6.45, 7) is -0.0748. The smallest absolute Gasteiger partial charge is 0.124 e. The van der Waals surface area contributed by atoms with E-state index in [1.165, 1.54) is 11.6 Å². The molecule has 2 aromatic carbocycles. The first kappa shape index (κ1) is 13.9. The zero-order valence-corrected chi connectivity index (χ0v) is 11.9. The molecule has 3 rings (SSSR count). The van der Waals surface area contributed by atoms with E-state index in [-0.39, 0.29) is 18.5 Å². The van der Waals surface area contributed by atoms with Gasteiger partial charge in [0.2, 0.25) is 0 Å². The Hall–Kier alpha value is -2.07. The fourth-order valence-corrected chi connectivity index (χ4v) is 2.92. The van der Waals surface area contributed by atoms with E-state index >= 15 is 0 Å². The number of aliphatic hydroxyl groups is 1. The molecule has 0 amide bonds. The normalized spacial score (nSPS) is 16.6. The van der Waals surface area contributed by atoms with Crippen LogP contribution < -0.4 is 10.1 Å². The first-order valence-electron chi connectivity index (χ1n) is 7.04. The van der Waals surface area contributed by atoms with Crippen molar-refractivity contribution < 1.29 is 14.2 Å². The Morgan fingerprint density at radius 1 is 1.29 bits per heavy atom. The molecule has 0 fully saturated rings. The summed E-state index contributed by atoms with van der Waals surface area (Å²) in [6.07, 6.45) is 1.90. The summed E-state index contributed by atoms with van der Waals surface area (Å²) in [6, 6.07) is 10.7. The first-order valence-corrected chi connectivity index (χ1v) is 7.04. The van der Waals surface area contributed by atoms with Gasteiger partial charge in [0, 0.05) is 11.3 Å². The standard InChI is InChI=1S/C17H18FNO2/c1-21-17-7-5-14(8-12(17)10-20)19-16-6-3-11-2-4-13(18)9-15(11)16/h2,4-5,7-9,16,19-20H,3,6,10H2,1H3. The fourth-order valence-electron chi connectivity index (χ4n) is 2.92. The van der Waals surface area contributed by atoms with E-state index in [0.717, 1.165) is 29.7 Å². The maximum absolute atomic E-state index is 13.4. The molecule has 1 aliphatic rings. The molecule has 1 unspecified atom stereocenters. The van der Waals surface area contributed by atoms with Gasteiger partial charge in [-0.2, -0.15) is 0 Å². The number of halogens is 1. The minimum atomic E-state index is -0.201. The van der Waals surface area contributed by atoms with Crippen molar-refractivity contribution in [1.29, 1.82) is 0 Å². The topological polar surface area (TPSA) is 41.5 Å². The number of aryl methyl sites for hydroxylation is 1. The van der Waals surface area contributed by atoms with Crippen LogP contribution in [0.15, 0.2) is 36.4 Å². The number of rotatable bonds is 4. The predicted octanol–water partition coefficient (Wildman–Crippen LogP) is 3.43. The van der Waals surface area contributed by atoms with Crippen LogP contribution in [0.3, 0.4) is 0 Å². The molecule has 110 valence electrons. The molecule has 0 aliphatic heterocycles. The van der Waals surface area contributed by atoms with Crippen LogP contribution in [-0.2, 0) is 13.0 Å². The molecule has 1 atom stereocenters. The fraction of sp³-hybridized carbons (Fsp3) is 0.294. The lowest BCUT2D eigenvalue weighted by molar-refractivity contribution is 0.274. The molecular formula is C17H18FNO2. The first-order chi connectivity index (χ1) is 10.2. The number of fused-ring (bicyclic) bond motifs is 1. The van der Waals surface area contributed by atoms with Gasteiger partial charge < -0.3 is 15.2 Å².